The zero-order valence-corrected chi connectivity index (χ0v) is 13.5. The molecule has 1 aliphatic rings. The fourth-order valence-electron chi connectivity index (χ4n) is 2.47. The van der Waals surface area contributed by atoms with Crippen LogP contribution in [0.2, 0.25) is 5.02 Å². The summed E-state index contributed by atoms with van der Waals surface area (Å²) in [5.74, 6) is 0. The summed E-state index contributed by atoms with van der Waals surface area (Å²) in [6, 6.07) is 6.97. The third-order valence-corrected chi connectivity index (χ3v) is 5.08. The van der Waals surface area contributed by atoms with Crippen molar-refractivity contribution in [3.05, 3.63) is 40.3 Å². The van der Waals surface area contributed by atoms with Crippen LogP contribution in [-0.4, -0.2) is 20.5 Å². The molecule has 0 atom stereocenters. The molecule has 1 aliphatic carbocycles. The molecule has 1 aromatic rings. The maximum absolute atomic E-state index is 12.0. The van der Waals surface area contributed by atoms with E-state index in [1.54, 1.807) is 30.3 Å². The standard InChI is InChI=1S/C15H21ClN2O2S/c16-14-6-4-13(5-7-14)8-11-21(19,20)18-12-15(17)9-2-1-3-10-15/h4-8,11,18H,1-3,9-10,12,17H2/b11-8+. The Kier molecular flexibility index (Phi) is 5.43. The van der Waals surface area contributed by atoms with E-state index >= 15 is 0 Å². The highest BCUT2D eigenvalue weighted by molar-refractivity contribution is 7.92. The van der Waals surface area contributed by atoms with Gasteiger partial charge >= 0.3 is 0 Å². The molecular weight excluding hydrogens is 308 g/mol. The predicted molar refractivity (Wildman–Crippen MR) is 87.4 cm³/mol. The zero-order chi connectivity index (χ0) is 15.3. The minimum Gasteiger partial charge on any atom is -0.324 e. The number of hydrogen-bond acceptors (Lipinski definition) is 3. The monoisotopic (exact) mass is 328 g/mol. The highest BCUT2D eigenvalue weighted by Gasteiger charge is 2.28. The van der Waals surface area contributed by atoms with E-state index in [9.17, 15) is 8.42 Å². The van der Waals surface area contributed by atoms with Crippen molar-refractivity contribution in [2.24, 2.45) is 5.73 Å². The van der Waals surface area contributed by atoms with Gasteiger partial charge in [-0.1, -0.05) is 43.0 Å². The van der Waals surface area contributed by atoms with E-state index in [0.29, 0.717) is 11.6 Å². The second-order valence-electron chi connectivity index (χ2n) is 5.64. The Morgan fingerprint density at radius 2 is 1.81 bits per heavy atom. The van der Waals surface area contributed by atoms with Crippen LogP contribution in [0.25, 0.3) is 6.08 Å². The fraction of sp³-hybridized carbons (Fsp3) is 0.467. The quantitative estimate of drug-likeness (QED) is 0.873. The summed E-state index contributed by atoms with van der Waals surface area (Å²) < 4.78 is 26.5. The minimum absolute atomic E-state index is 0.292. The van der Waals surface area contributed by atoms with Crippen LogP contribution >= 0.6 is 11.6 Å². The van der Waals surface area contributed by atoms with E-state index in [2.05, 4.69) is 4.72 Å². The van der Waals surface area contributed by atoms with Gasteiger partial charge in [0.15, 0.2) is 0 Å². The second-order valence-corrected chi connectivity index (χ2v) is 7.73. The van der Waals surface area contributed by atoms with Crippen molar-refractivity contribution in [2.45, 2.75) is 37.6 Å². The van der Waals surface area contributed by atoms with Gasteiger partial charge in [0.2, 0.25) is 10.0 Å². The molecule has 0 bridgehead atoms. The molecule has 1 aromatic carbocycles. The molecule has 0 heterocycles. The molecular formula is C15H21ClN2O2S. The van der Waals surface area contributed by atoms with Gasteiger partial charge in [0.1, 0.15) is 0 Å². The van der Waals surface area contributed by atoms with Gasteiger partial charge < -0.3 is 5.73 Å². The summed E-state index contributed by atoms with van der Waals surface area (Å²) in [6.07, 6.45) is 6.61. The van der Waals surface area contributed by atoms with Crippen molar-refractivity contribution in [1.29, 1.82) is 0 Å². The number of hydrogen-bond donors (Lipinski definition) is 2. The summed E-state index contributed by atoms with van der Waals surface area (Å²) in [7, 11) is -3.47. The molecule has 0 saturated heterocycles. The maximum atomic E-state index is 12.0. The lowest BCUT2D eigenvalue weighted by Gasteiger charge is -2.33. The lowest BCUT2D eigenvalue weighted by Crippen LogP contribution is -2.50. The van der Waals surface area contributed by atoms with Gasteiger partial charge in [0.25, 0.3) is 0 Å². The van der Waals surface area contributed by atoms with E-state index in [4.69, 9.17) is 17.3 Å². The third kappa shape index (κ3) is 5.43. The van der Waals surface area contributed by atoms with Gasteiger partial charge in [-0.2, -0.15) is 0 Å². The van der Waals surface area contributed by atoms with Gasteiger partial charge in [-0.3, -0.25) is 0 Å². The number of benzene rings is 1. The van der Waals surface area contributed by atoms with Crippen LogP contribution in [0.1, 0.15) is 37.7 Å². The third-order valence-electron chi connectivity index (χ3n) is 3.78. The number of halogens is 1. The summed E-state index contributed by atoms with van der Waals surface area (Å²) in [4.78, 5) is 0. The molecule has 0 aliphatic heterocycles. The first-order valence-electron chi connectivity index (χ1n) is 7.11. The van der Waals surface area contributed by atoms with E-state index in [1.165, 1.54) is 11.8 Å². The van der Waals surface area contributed by atoms with E-state index in [-0.39, 0.29) is 0 Å². The molecule has 1 fully saturated rings. The van der Waals surface area contributed by atoms with Crippen LogP contribution in [-0.2, 0) is 10.0 Å². The fourth-order valence-corrected chi connectivity index (χ4v) is 3.51. The normalized spacial score (nSPS) is 19.0. The molecule has 1 saturated carbocycles. The Balaban J connectivity index is 1.93. The average molecular weight is 329 g/mol. The molecule has 116 valence electrons. The molecule has 4 nitrogen and oxygen atoms in total. The van der Waals surface area contributed by atoms with Crippen molar-refractivity contribution >= 4 is 27.7 Å². The SMILES string of the molecule is NC1(CNS(=O)(=O)/C=C/c2ccc(Cl)cc2)CCCCC1. The highest BCUT2D eigenvalue weighted by Crippen LogP contribution is 2.25. The summed E-state index contributed by atoms with van der Waals surface area (Å²) >= 11 is 5.78. The second kappa shape index (κ2) is 6.92. The smallest absolute Gasteiger partial charge is 0.233 e. The van der Waals surface area contributed by atoms with Gasteiger partial charge in [-0.15, -0.1) is 0 Å². The van der Waals surface area contributed by atoms with Crippen LogP contribution in [0.5, 0.6) is 0 Å². The van der Waals surface area contributed by atoms with E-state index in [0.717, 1.165) is 31.2 Å². The Morgan fingerprint density at radius 1 is 1.19 bits per heavy atom. The van der Waals surface area contributed by atoms with Gasteiger partial charge in [0, 0.05) is 22.5 Å². The van der Waals surface area contributed by atoms with Gasteiger partial charge in [-0.05, 0) is 36.6 Å². The van der Waals surface area contributed by atoms with Crippen molar-refractivity contribution in [3.63, 3.8) is 0 Å². The lowest BCUT2D eigenvalue weighted by molar-refractivity contribution is 0.296. The first-order chi connectivity index (χ1) is 9.89. The zero-order valence-electron chi connectivity index (χ0n) is 11.9. The molecule has 0 radical (unpaired) electrons. The van der Waals surface area contributed by atoms with Crippen molar-refractivity contribution in [1.82, 2.24) is 4.72 Å². The molecule has 3 N–H and O–H groups in total. The first kappa shape index (κ1) is 16.5. The van der Waals surface area contributed by atoms with Crippen LogP contribution in [0, 0.1) is 0 Å². The van der Waals surface area contributed by atoms with Crippen LogP contribution in [0.15, 0.2) is 29.7 Å². The molecule has 6 heteroatoms. The number of rotatable bonds is 5. The Labute approximate surface area is 131 Å². The molecule has 0 spiro atoms. The van der Waals surface area contributed by atoms with Crippen molar-refractivity contribution < 1.29 is 8.42 Å². The first-order valence-corrected chi connectivity index (χ1v) is 9.03. The largest absolute Gasteiger partial charge is 0.324 e. The summed E-state index contributed by atoms with van der Waals surface area (Å²) in [6.45, 7) is 0.292. The number of sulfonamides is 1. The van der Waals surface area contributed by atoms with Gasteiger partial charge in [-0.25, -0.2) is 13.1 Å². The lowest BCUT2D eigenvalue weighted by atomic mass is 9.83. The Morgan fingerprint density at radius 3 is 2.43 bits per heavy atom. The van der Waals surface area contributed by atoms with Crippen LogP contribution < -0.4 is 10.5 Å². The average Bonchev–Trinajstić information content (AvgIpc) is 2.46. The van der Waals surface area contributed by atoms with Crippen LogP contribution in [0.3, 0.4) is 0 Å². The Bertz CT molecular complexity index is 591. The molecule has 0 unspecified atom stereocenters. The van der Waals surface area contributed by atoms with Crippen molar-refractivity contribution in [3.8, 4) is 0 Å². The summed E-state index contributed by atoms with van der Waals surface area (Å²) in [5, 5.41) is 1.79. The molecule has 2 rings (SSSR count). The van der Waals surface area contributed by atoms with E-state index < -0.39 is 15.6 Å². The van der Waals surface area contributed by atoms with Crippen molar-refractivity contribution in [2.75, 3.05) is 6.54 Å². The molecule has 0 aromatic heterocycles. The highest BCUT2D eigenvalue weighted by atomic mass is 35.5. The van der Waals surface area contributed by atoms with E-state index in [1.807, 2.05) is 0 Å². The topological polar surface area (TPSA) is 72.2 Å². The van der Waals surface area contributed by atoms with Gasteiger partial charge in [0.05, 0.1) is 0 Å². The Hall–Kier alpha value is -0.880. The molecule has 21 heavy (non-hydrogen) atoms. The summed E-state index contributed by atoms with van der Waals surface area (Å²) in [5.41, 5.74) is 6.60. The van der Waals surface area contributed by atoms with Crippen LogP contribution in [0.4, 0.5) is 0 Å². The molecule has 0 amide bonds. The maximum Gasteiger partial charge on any atom is 0.233 e. The predicted octanol–water partition coefficient (Wildman–Crippen LogP) is 2.89. The number of nitrogens with two attached hydrogens (primary N) is 1. The number of nitrogens with one attached hydrogen (secondary N) is 1. The minimum atomic E-state index is -3.47.